The molecule has 76 valence electrons. The Hall–Kier alpha value is -0.770. The van der Waals surface area contributed by atoms with Crippen molar-refractivity contribution >= 4 is 6.09 Å². The van der Waals surface area contributed by atoms with E-state index in [4.69, 9.17) is 10.5 Å². The molecular formula is C9H18N2O2. The molecule has 0 spiro atoms. The first-order valence-corrected chi connectivity index (χ1v) is 4.77. The van der Waals surface area contributed by atoms with Gasteiger partial charge < -0.3 is 15.8 Å². The Balaban J connectivity index is 2.42. The summed E-state index contributed by atoms with van der Waals surface area (Å²) in [4.78, 5) is 11.2. The number of hydrogen-bond donors (Lipinski definition) is 2. The van der Waals surface area contributed by atoms with Gasteiger partial charge in [-0.15, -0.1) is 0 Å². The molecule has 0 radical (unpaired) electrons. The normalized spacial score (nSPS) is 20.5. The second-order valence-electron chi connectivity index (χ2n) is 3.74. The van der Waals surface area contributed by atoms with Crippen molar-refractivity contribution in [2.75, 3.05) is 13.2 Å². The van der Waals surface area contributed by atoms with Gasteiger partial charge in [-0.25, -0.2) is 4.79 Å². The Morgan fingerprint density at radius 3 is 2.69 bits per heavy atom. The predicted molar refractivity (Wildman–Crippen MR) is 50.3 cm³/mol. The molecule has 4 heteroatoms. The Morgan fingerprint density at radius 2 is 2.31 bits per heavy atom. The maximum atomic E-state index is 11.2. The summed E-state index contributed by atoms with van der Waals surface area (Å²) in [6.45, 7) is 4.63. The lowest BCUT2D eigenvalue weighted by atomic mass is 9.96. The lowest BCUT2D eigenvalue weighted by Crippen LogP contribution is -2.53. The van der Waals surface area contributed by atoms with E-state index in [9.17, 15) is 4.79 Å². The molecule has 1 unspecified atom stereocenters. The van der Waals surface area contributed by atoms with Crippen LogP contribution in [0.2, 0.25) is 0 Å². The second-order valence-corrected chi connectivity index (χ2v) is 3.74. The van der Waals surface area contributed by atoms with E-state index in [0.717, 1.165) is 12.8 Å². The molecule has 1 amide bonds. The van der Waals surface area contributed by atoms with E-state index in [2.05, 4.69) is 5.32 Å². The number of rotatable bonds is 4. The summed E-state index contributed by atoms with van der Waals surface area (Å²) in [7, 11) is 0. The van der Waals surface area contributed by atoms with E-state index in [0.29, 0.717) is 19.1 Å². The molecule has 0 bridgehead atoms. The summed E-state index contributed by atoms with van der Waals surface area (Å²) in [6, 6.07) is 0. The van der Waals surface area contributed by atoms with E-state index >= 15 is 0 Å². The van der Waals surface area contributed by atoms with E-state index in [1.54, 1.807) is 6.92 Å². The molecule has 0 aromatic heterocycles. The number of nitrogens with one attached hydrogen (secondary N) is 1. The van der Waals surface area contributed by atoms with Crippen LogP contribution in [0.15, 0.2) is 0 Å². The minimum Gasteiger partial charge on any atom is -0.450 e. The van der Waals surface area contributed by atoms with Crippen LogP contribution in [0.1, 0.15) is 26.7 Å². The van der Waals surface area contributed by atoms with Crippen molar-refractivity contribution in [1.29, 1.82) is 0 Å². The van der Waals surface area contributed by atoms with Crippen LogP contribution in [0.25, 0.3) is 0 Å². The number of alkyl carbamates (subject to hydrolysis) is 1. The number of carbonyl (C=O) groups excluding carboxylic acids is 1. The maximum absolute atomic E-state index is 11.2. The highest BCUT2D eigenvalue weighted by Crippen LogP contribution is 2.38. The summed E-state index contributed by atoms with van der Waals surface area (Å²) >= 11 is 0. The fourth-order valence-electron chi connectivity index (χ4n) is 1.44. The molecule has 1 saturated carbocycles. The third-order valence-electron chi connectivity index (χ3n) is 2.57. The molecule has 1 atom stereocenters. The first-order chi connectivity index (χ1) is 6.12. The predicted octanol–water partition coefficient (Wildman–Crippen LogP) is 0.860. The third kappa shape index (κ3) is 2.59. The van der Waals surface area contributed by atoms with Gasteiger partial charge in [0, 0.05) is 6.54 Å². The minimum atomic E-state index is -0.359. The monoisotopic (exact) mass is 186 g/mol. The Kier molecular flexibility index (Phi) is 3.14. The number of carbonyl (C=O) groups is 1. The van der Waals surface area contributed by atoms with Gasteiger partial charge in [0.15, 0.2) is 0 Å². The average molecular weight is 186 g/mol. The highest BCUT2D eigenvalue weighted by Gasteiger charge is 2.41. The molecule has 4 nitrogen and oxygen atoms in total. The molecule has 1 rings (SSSR count). The largest absolute Gasteiger partial charge is 0.450 e. The van der Waals surface area contributed by atoms with Gasteiger partial charge in [-0.1, -0.05) is 0 Å². The van der Waals surface area contributed by atoms with Crippen molar-refractivity contribution in [3.05, 3.63) is 0 Å². The number of amides is 1. The van der Waals surface area contributed by atoms with Crippen LogP contribution in [0.5, 0.6) is 0 Å². The third-order valence-corrected chi connectivity index (χ3v) is 2.57. The summed E-state index contributed by atoms with van der Waals surface area (Å²) < 4.78 is 4.81. The summed E-state index contributed by atoms with van der Waals surface area (Å²) in [5.74, 6) is 0.530. The van der Waals surface area contributed by atoms with Crippen LogP contribution in [0, 0.1) is 5.92 Å². The van der Waals surface area contributed by atoms with Gasteiger partial charge in [0.05, 0.1) is 12.1 Å². The van der Waals surface area contributed by atoms with Gasteiger partial charge in [-0.3, -0.25) is 0 Å². The molecule has 0 heterocycles. The SMILES string of the molecule is CCOC(=O)NC(C)(CN)C1CC1. The fraction of sp³-hybridized carbons (Fsp3) is 0.889. The van der Waals surface area contributed by atoms with Crippen LogP contribution in [-0.4, -0.2) is 24.8 Å². The summed E-state index contributed by atoms with van der Waals surface area (Å²) in [5.41, 5.74) is 5.35. The topological polar surface area (TPSA) is 64.3 Å². The molecule has 1 aliphatic rings. The van der Waals surface area contributed by atoms with Gasteiger partial charge >= 0.3 is 6.09 Å². The van der Waals surface area contributed by atoms with Crippen LogP contribution in [0.4, 0.5) is 4.79 Å². The Morgan fingerprint density at radius 1 is 1.69 bits per heavy atom. The van der Waals surface area contributed by atoms with Crippen LogP contribution >= 0.6 is 0 Å². The molecule has 1 fully saturated rings. The molecule has 13 heavy (non-hydrogen) atoms. The highest BCUT2D eigenvalue weighted by molar-refractivity contribution is 5.68. The van der Waals surface area contributed by atoms with Crippen molar-refractivity contribution in [1.82, 2.24) is 5.32 Å². The van der Waals surface area contributed by atoms with Gasteiger partial charge in [-0.05, 0) is 32.6 Å². The maximum Gasteiger partial charge on any atom is 0.407 e. The Labute approximate surface area is 78.8 Å². The summed E-state index contributed by atoms with van der Waals surface area (Å²) in [5, 5.41) is 2.82. The number of nitrogens with two attached hydrogens (primary N) is 1. The van der Waals surface area contributed by atoms with Crippen molar-refractivity contribution < 1.29 is 9.53 Å². The van der Waals surface area contributed by atoms with Crippen LogP contribution in [-0.2, 0) is 4.74 Å². The van der Waals surface area contributed by atoms with E-state index in [-0.39, 0.29) is 11.6 Å². The van der Waals surface area contributed by atoms with Gasteiger partial charge in [0.2, 0.25) is 0 Å². The smallest absolute Gasteiger partial charge is 0.407 e. The molecule has 0 saturated heterocycles. The minimum absolute atomic E-state index is 0.272. The van der Waals surface area contributed by atoms with Crippen LogP contribution in [0.3, 0.4) is 0 Å². The quantitative estimate of drug-likeness (QED) is 0.684. The second kappa shape index (κ2) is 3.96. The molecule has 0 aliphatic heterocycles. The van der Waals surface area contributed by atoms with E-state index < -0.39 is 0 Å². The molecule has 1 aliphatic carbocycles. The molecular weight excluding hydrogens is 168 g/mol. The lowest BCUT2D eigenvalue weighted by Gasteiger charge is -2.28. The van der Waals surface area contributed by atoms with Crippen LogP contribution < -0.4 is 11.1 Å². The van der Waals surface area contributed by atoms with Gasteiger partial charge in [-0.2, -0.15) is 0 Å². The van der Waals surface area contributed by atoms with Gasteiger partial charge in [0.25, 0.3) is 0 Å². The van der Waals surface area contributed by atoms with Crippen molar-refractivity contribution in [3.63, 3.8) is 0 Å². The zero-order valence-corrected chi connectivity index (χ0v) is 8.30. The number of ether oxygens (including phenoxy) is 1. The lowest BCUT2D eigenvalue weighted by molar-refractivity contribution is 0.137. The van der Waals surface area contributed by atoms with E-state index in [1.807, 2.05) is 6.92 Å². The van der Waals surface area contributed by atoms with Crippen molar-refractivity contribution in [2.45, 2.75) is 32.2 Å². The zero-order chi connectivity index (χ0) is 9.90. The zero-order valence-electron chi connectivity index (χ0n) is 8.30. The average Bonchev–Trinajstić information content (AvgIpc) is 2.86. The first-order valence-electron chi connectivity index (χ1n) is 4.77. The molecule has 0 aromatic carbocycles. The van der Waals surface area contributed by atoms with Crippen molar-refractivity contribution in [3.8, 4) is 0 Å². The Bertz CT molecular complexity index is 192. The van der Waals surface area contributed by atoms with E-state index in [1.165, 1.54) is 0 Å². The molecule has 0 aromatic rings. The highest BCUT2D eigenvalue weighted by atomic mass is 16.5. The van der Waals surface area contributed by atoms with Gasteiger partial charge in [0.1, 0.15) is 0 Å². The fourth-order valence-corrected chi connectivity index (χ4v) is 1.44. The summed E-state index contributed by atoms with van der Waals surface area (Å²) in [6.07, 6.45) is 1.95. The standard InChI is InChI=1S/C9H18N2O2/c1-3-13-8(12)11-9(2,6-10)7-4-5-7/h7H,3-6,10H2,1-2H3,(H,11,12). The number of hydrogen-bond acceptors (Lipinski definition) is 3. The molecule has 3 N–H and O–H groups in total. The van der Waals surface area contributed by atoms with Crippen molar-refractivity contribution in [2.24, 2.45) is 11.7 Å². The first kappa shape index (κ1) is 10.3.